The van der Waals surface area contributed by atoms with Crippen LogP contribution in [0.2, 0.25) is 0 Å². The van der Waals surface area contributed by atoms with E-state index in [1.54, 1.807) is 4.90 Å². The smallest absolute Gasteiger partial charge is 0.340 e. The molecule has 0 aliphatic carbocycles. The topological polar surface area (TPSA) is 46.6 Å². The van der Waals surface area contributed by atoms with Gasteiger partial charge in [-0.15, -0.1) is 0 Å². The van der Waals surface area contributed by atoms with Crippen LogP contribution in [0, 0.1) is 5.92 Å². The zero-order valence-corrected chi connectivity index (χ0v) is 11.0. The lowest BCUT2D eigenvalue weighted by Gasteiger charge is -2.24. The van der Waals surface area contributed by atoms with Crippen LogP contribution in [-0.2, 0) is 13.8 Å². The van der Waals surface area contributed by atoms with Crippen LogP contribution in [-0.4, -0.2) is 34.7 Å². The monoisotopic (exact) mass is 295 g/mol. The minimum absolute atomic E-state index is 0.00638. The fraction of sp³-hybridized carbons (Fsp3) is 0.778. The molecule has 0 saturated carbocycles. The Morgan fingerprint density at radius 2 is 2.33 bits per heavy atom. The number of rotatable bonds is 3. The summed E-state index contributed by atoms with van der Waals surface area (Å²) in [7, 11) is 0. The summed E-state index contributed by atoms with van der Waals surface area (Å²) in [5.74, 6) is -0.558. The van der Waals surface area contributed by atoms with Gasteiger partial charge in [-0.3, -0.25) is 4.79 Å². The molecule has 86 valence electrons. The molecule has 2 atom stereocenters. The number of alkyl halides is 1. The number of nitrogens with zero attached hydrogens (tertiary/aromatic N) is 1. The number of amides is 1. The molecule has 1 fully saturated rings. The Balaban J connectivity index is 2.68. The van der Waals surface area contributed by atoms with Gasteiger partial charge in [-0.25, -0.2) is 4.79 Å². The van der Waals surface area contributed by atoms with E-state index in [-0.39, 0.29) is 11.8 Å². The van der Waals surface area contributed by atoms with E-state index in [1.165, 1.54) is 0 Å². The maximum Gasteiger partial charge on any atom is 0.340 e. The van der Waals surface area contributed by atoms with Gasteiger partial charge in [0.05, 0.1) is 0 Å². The highest BCUT2D eigenvalue weighted by atomic mass is 79.9. The molecule has 0 aromatic carbocycles. The molecule has 0 radical (unpaired) electrons. The molecular formula is C9H14BrNO3S. The van der Waals surface area contributed by atoms with E-state index >= 15 is 0 Å². The molecular weight excluding hydrogens is 282 g/mol. The lowest BCUT2D eigenvalue weighted by atomic mass is 10.1. The SMILES string of the molecule is CC(CBr)C(=O)N1CCCC1C(=O)OS. The Bertz CT molecular complexity index is 262. The number of carbonyl (C=O) groups excluding carboxylic acids is 2. The summed E-state index contributed by atoms with van der Waals surface area (Å²) in [5, 5.41) is 0.602. The predicted octanol–water partition coefficient (Wildman–Crippen LogP) is 1.40. The Labute approximate surface area is 103 Å². The van der Waals surface area contributed by atoms with Crippen molar-refractivity contribution in [2.24, 2.45) is 5.92 Å². The van der Waals surface area contributed by atoms with Crippen LogP contribution < -0.4 is 0 Å². The van der Waals surface area contributed by atoms with E-state index in [2.05, 4.69) is 33.0 Å². The lowest BCUT2D eigenvalue weighted by Crippen LogP contribution is -2.43. The van der Waals surface area contributed by atoms with Gasteiger partial charge in [0.15, 0.2) is 0 Å². The zero-order valence-electron chi connectivity index (χ0n) is 8.48. The number of halogens is 1. The first-order chi connectivity index (χ1) is 7.11. The number of thiol groups is 1. The van der Waals surface area contributed by atoms with Gasteiger partial charge >= 0.3 is 5.97 Å². The third-order valence-electron chi connectivity index (χ3n) is 2.55. The average molecular weight is 296 g/mol. The van der Waals surface area contributed by atoms with Crippen molar-refractivity contribution in [3.05, 3.63) is 0 Å². The highest BCUT2D eigenvalue weighted by molar-refractivity contribution is 9.09. The maximum absolute atomic E-state index is 11.9. The van der Waals surface area contributed by atoms with Crippen molar-refractivity contribution >= 4 is 40.7 Å². The summed E-state index contributed by atoms with van der Waals surface area (Å²) in [6.07, 6.45) is 1.51. The summed E-state index contributed by atoms with van der Waals surface area (Å²) in [4.78, 5) is 24.8. The van der Waals surface area contributed by atoms with Gasteiger partial charge in [0.1, 0.15) is 6.04 Å². The third-order valence-corrected chi connectivity index (χ3v) is 3.70. The Morgan fingerprint density at radius 1 is 1.67 bits per heavy atom. The molecule has 2 unspecified atom stereocenters. The first-order valence-corrected chi connectivity index (χ1v) is 6.32. The van der Waals surface area contributed by atoms with E-state index in [0.717, 1.165) is 6.42 Å². The van der Waals surface area contributed by atoms with Crippen molar-refractivity contribution in [1.82, 2.24) is 4.90 Å². The van der Waals surface area contributed by atoms with Crippen LogP contribution in [0.3, 0.4) is 0 Å². The quantitative estimate of drug-likeness (QED) is 0.486. The van der Waals surface area contributed by atoms with Crippen molar-refractivity contribution in [2.75, 3.05) is 11.9 Å². The molecule has 1 rings (SSSR count). The molecule has 0 N–H and O–H groups in total. The van der Waals surface area contributed by atoms with Crippen molar-refractivity contribution in [3.63, 3.8) is 0 Å². The summed E-state index contributed by atoms with van der Waals surface area (Å²) < 4.78 is 4.38. The summed E-state index contributed by atoms with van der Waals surface area (Å²) >= 11 is 6.74. The largest absolute Gasteiger partial charge is 0.393 e. The molecule has 1 aliphatic heterocycles. The highest BCUT2D eigenvalue weighted by Gasteiger charge is 2.36. The van der Waals surface area contributed by atoms with Crippen molar-refractivity contribution in [2.45, 2.75) is 25.8 Å². The van der Waals surface area contributed by atoms with Gasteiger partial charge in [0, 0.05) is 30.7 Å². The minimum Gasteiger partial charge on any atom is -0.393 e. The van der Waals surface area contributed by atoms with Gasteiger partial charge in [0.25, 0.3) is 0 Å². The van der Waals surface area contributed by atoms with Crippen LogP contribution in [0.4, 0.5) is 0 Å². The average Bonchev–Trinajstić information content (AvgIpc) is 2.74. The van der Waals surface area contributed by atoms with E-state index in [0.29, 0.717) is 18.3 Å². The number of likely N-dealkylation sites (tertiary alicyclic amines) is 1. The van der Waals surface area contributed by atoms with Crippen LogP contribution in [0.15, 0.2) is 0 Å². The molecule has 1 aliphatic rings. The van der Waals surface area contributed by atoms with Gasteiger partial charge in [0.2, 0.25) is 5.91 Å². The Morgan fingerprint density at radius 3 is 2.87 bits per heavy atom. The van der Waals surface area contributed by atoms with E-state index < -0.39 is 12.0 Å². The fourth-order valence-corrected chi connectivity index (χ4v) is 2.08. The normalized spacial score (nSPS) is 22.6. The molecule has 15 heavy (non-hydrogen) atoms. The number of carbonyl (C=O) groups is 2. The molecule has 1 heterocycles. The Hall–Kier alpha value is -0.230. The molecule has 0 bridgehead atoms. The fourth-order valence-electron chi connectivity index (χ4n) is 1.69. The molecule has 1 amide bonds. The van der Waals surface area contributed by atoms with Gasteiger partial charge < -0.3 is 9.08 Å². The highest BCUT2D eigenvalue weighted by Crippen LogP contribution is 2.21. The van der Waals surface area contributed by atoms with Crippen LogP contribution in [0.5, 0.6) is 0 Å². The van der Waals surface area contributed by atoms with Crippen molar-refractivity contribution in [3.8, 4) is 0 Å². The molecule has 6 heteroatoms. The van der Waals surface area contributed by atoms with Crippen LogP contribution in [0.1, 0.15) is 19.8 Å². The third kappa shape index (κ3) is 2.87. The van der Waals surface area contributed by atoms with Crippen molar-refractivity contribution < 1.29 is 13.8 Å². The zero-order chi connectivity index (χ0) is 11.4. The molecule has 0 spiro atoms. The summed E-state index contributed by atoms with van der Waals surface area (Å²) in [6, 6.07) is -0.448. The Kier molecular flexibility index (Phi) is 4.92. The van der Waals surface area contributed by atoms with Gasteiger partial charge in [-0.2, -0.15) is 0 Å². The summed E-state index contributed by atoms with van der Waals surface area (Å²) in [6.45, 7) is 2.46. The van der Waals surface area contributed by atoms with E-state index in [1.807, 2.05) is 6.92 Å². The lowest BCUT2D eigenvalue weighted by molar-refractivity contribution is -0.146. The standard InChI is InChI=1S/C9H14BrNO3S/c1-6(5-10)8(12)11-4-2-3-7(11)9(13)14-15/h6-7,15H,2-5H2,1H3. The van der Waals surface area contributed by atoms with Crippen LogP contribution >= 0.6 is 28.8 Å². The first-order valence-electron chi connectivity index (χ1n) is 4.83. The number of hydrogen-bond acceptors (Lipinski definition) is 4. The number of hydrogen-bond donors (Lipinski definition) is 1. The summed E-state index contributed by atoms with van der Waals surface area (Å²) in [5.41, 5.74) is 0. The molecule has 0 aromatic rings. The van der Waals surface area contributed by atoms with E-state index in [9.17, 15) is 9.59 Å². The second-order valence-electron chi connectivity index (χ2n) is 3.66. The second-order valence-corrected chi connectivity index (χ2v) is 4.49. The first kappa shape index (κ1) is 12.8. The van der Waals surface area contributed by atoms with E-state index in [4.69, 9.17) is 0 Å². The molecule has 1 saturated heterocycles. The van der Waals surface area contributed by atoms with Gasteiger partial charge in [-0.1, -0.05) is 22.9 Å². The van der Waals surface area contributed by atoms with Crippen LogP contribution in [0.25, 0.3) is 0 Å². The van der Waals surface area contributed by atoms with Crippen molar-refractivity contribution in [1.29, 1.82) is 0 Å². The van der Waals surface area contributed by atoms with Gasteiger partial charge in [-0.05, 0) is 12.8 Å². The maximum atomic E-state index is 11.9. The molecule has 4 nitrogen and oxygen atoms in total. The second kappa shape index (κ2) is 5.75. The predicted molar refractivity (Wildman–Crippen MR) is 62.8 cm³/mol. The minimum atomic E-state index is -0.448. The molecule has 0 aromatic heterocycles.